The molecule has 26 heavy (non-hydrogen) atoms. The van der Waals surface area contributed by atoms with E-state index in [9.17, 15) is 13.2 Å². The molecule has 1 aromatic carbocycles. The van der Waals surface area contributed by atoms with E-state index in [1.54, 1.807) is 13.0 Å². The highest BCUT2D eigenvalue weighted by molar-refractivity contribution is 7.93. The van der Waals surface area contributed by atoms with Crippen LogP contribution in [0.4, 0.5) is 0 Å². The summed E-state index contributed by atoms with van der Waals surface area (Å²) in [5.74, 6) is -0.343. The molecule has 0 saturated heterocycles. The Morgan fingerprint density at radius 1 is 1.12 bits per heavy atom. The second kappa shape index (κ2) is 9.72. The number of halogens is 1. The molecule has 0 bridgehead atoms. The molecule has 1 aromatic rings. The molecular weight excluding hydrogens is 372 g/mol. The van der Waals surface area contributed by atoms with Crippen LogP contribution < -0.4 is 10.6 Å². The van der Waals surface area contributed by atoms with E-state index in [0.29, 0.717) is 36.4 Å². The zero-order valence-electron chi connectivity index (χ0n) is 15.9. The highest BCUT2D eigenvalue weighted by Gasteiger charge is 2.53. The number of nitrogens with one attached hydrogen (secondary N) is 2. The molecule has 1 aliphatic carbocycles. The van der Waals surface area contributed by atoms with Gasteiger partial charge in [0, 0.05) is 13.1 Å². The van der Waals surface area contributed by atoms with Gasteiger partial charge < -0.3 is 10.6 Å². The van der Waals surface area contributed by atoms with E-state index in [1.165, 1.54) is 0 Å². The van der Waals surface area contributed by atoms with Crippen LogP contribution in [0.3, 0.4) is 0 Å². The van der Waals surface area contributed by atoms with Crippen molar-refractivity contribution in [1.29, 1.82) is 0 Å². The fraction of sp³-hybridized carbons (Fsp3) is 0.632. The van der Waals surface area contributed by atoms with Crippen molar-refractivity contribution in [3.63, 3.8) is 0 Å². The van der Waals surface area contributed by atoms with E-state index < -0.39 is 14.6 Å². The quantitative estimate of drug-likeness (QED) is 0.655. The summed E-state index contributed by atoms with van der Waals surface area (Å²) in [5, 5.41) is 6.07. The molecule has 7 heteroatoms. The van der Waals surface area contributed by atoms with Gasteiger partial charge in [0.2, 0.25) is 5.91 Å². The van der Waals surface area contributed by atoms with Gasteiger partial charge in [-0.25, -0.2) is 8.42 Å². The largest absolute Gasteiger partial charge is 0.353 e. The smallest absolute Gasteiger partial charge is 0.241 e. The third-order valence-corrected chi connectivity index (χ3v) is 7.63. The molecule has 0 spiro atoms. The van der Waals surface area contributed by atoms with E-state index in [-0.39, 0.29) is 18.3 Å². The maximum atomic E-state index is 13.4. The zero-order chi connectivity index (χ0) is 18.5. The Hall–Kier alpha value is -1.11. The molecule has 148 valence electrons. The maximum absolute atomic E-state index is 13.4. The van der Waals surface area contributed by atoms with Crippen molar-refractivity contribution in [1.82, 2.24) is 10.6 Å². The van der Waals surface area contributed by atoms with Crippen molar-refractivity contribution in [2.24, 2.45) is 0 Å². The second-order valence-electron chi connectivity index (χ2n) is 6.98. The number of aryl methyl sites for hydroxylation is 2. The van der Waals surface area contributed by atoms with Crippen LogP contribution in [0, 0.1) is 13.8 Å². The molecule has 0 atom stereocenters. The van der Waals surface area contributed by atoms with E-state index in [1.807, 2.05) is 19.1 Å². The third-order valence-electron chi connectivity index (χ3n) is 4.99. The number of carbonyl (C=O) groups is 1. The molecule has 0 radical (unpaired) electrons. The lowest BCUT2D eigenvalue weighted by atomic mass is 10.1. The fourth-order valence-electron chi connectivity index (χ4n) is 3.50. The van der Waals surface area contributed by atoms with Crippen LogP contribution in [0.5, 0.6) is 0 Å². The minimum atomic E-state index is -3.73. The van der Waals surface area contributed by atoms with Crippen LogP contribution in [-0.2, 0) is 14.6 Å². The number of rotatable bonds is 8. The van der Waals surface area contributed by atoms with Gasteiger partial charge >= 0.3 is 0 Å². The van der Waals surface area contributed by atoms with Gasteiger partial charge in [0.1, 0.15) is 0 Å². The monoisotopic (exact) mass is 402 g/mol. The maximum Gasteiger partial charge on any atom is 0.241 e. The normalized spacial score (nSPS) is 16.1. The molecule has 2 rings (SSSR count). The van der Waals surface area contributed by atoms with Gasteiger partial charge in [-0.3, -0.25) is 4.79 Å². The highest BCUT2D eigenvalue weighted by Crippen LogP contribution is 2.41. The van der Waals surface area contributed by atoms with E-state index >= 15 is 0 Å². The summed E-state index contributed by atoms with van der Waals surface area (Å²) in [7, 11) is -3.73. The van der Waals surface area contributed by atoms with Crippen LogP contribution in [0.1, 0.15) is 50.2 Å². The minimum Gasteiger partial charge on any atom is -0.353 e. The molecular formula is C19H31ClN2O3S. The van der Waals surface area contributed by atoms with Gasteiger partial charge in [-0.05, 0) is 56.8 Å². The first kappa shape index (κ1) is 22.9. The van der Waals surface area contributed by atoms with Gasteiger partial charge in [0.15, 0.2) is 14.6 Å². The van der Waals surface area contributed by atoms with Crippen LogP contribution in [0.2, 0.25) is 0 Å². The zero-order valence-corrected chi connectivity index (χ0v) is 17.6. The van der Waals surface area contributed by atoms with Gasteiger partial charge in [0.25, 0.3) is 0 Å². The SMILES string of the molecule is CCCNCCNC(=O)C1(S(=O)(=O)c2cc(C)ccc2C)CCCC1.Cl. The molecule has 0 aromatic heterocycles. The molecule has 0 heterocycles. The Balaban J connectivity index is 0.00000338. The fourth-order valence-corrected chi connectivity index (χ4v) is 5.89. The molecule has 1 saturated carbocycles. The Labute approximate surface area is 163 Å². The van der Waals surface area contributed by atoms with Crippen molar-refractivity contribution in [3.8, 4) is 0 Å². The minimum absolute atomic E-state index is 0. The lowest BCUT2D eigenvalue weighted by molar-refractivity contribution is -0.123. The van der Waals surface area contributed by atoms with Gasteiger partial charge in [-0.2, -0.15) is 0 Å². The van der Waals surface area contributed by atoms with Crippen molar-refractivity contribution >= 4 is 28.2 Å². The number of hydrogen-bond acceptors (Lipinski definition) is 4. The third kappa shape index (κ3) is 4.59. The van der Waals surface area contributed by atoms with Crippen LogP contribution in [-0.4, -0.2) is 38.7 Å². The lowest BCUT2D eigenvalue weighted by Gasteiger charge is -2.28. The first-order valence-corrected chi connectivity index (χ1v) is 10.6. The Morgan fingerprint density at radius 2 is 1.77 bits per heavy atom. The number of benzene rings is 1. The summed E-state index contributed by atoms with van der Waals surface area (Å²) in [6, 6.07) is 5.41. The van der Waals surface area contributed by atoms with Crippen LogP contribution in [0.25, 0.3) is 0 Å². The highest BCUT2D eigenvalue weighted by atomic mass is 35.5. The summed E-state index contributed by atoms with van der Waals surface area (Å²) in [6.07, 6.45) is 3.37. The Kier molecular flexibility index (Phi) is 8.57. The van der Waals surface area contributed by atoms with E-state index in [4.69, 9.17) is 0 Å². The molecule has 2 N–H and O–H groups in total. The molecule has 1 aliphatic rings. The molecule has 0 aliphatic heterocycles. The molecule has 0 unspecified atom stereocenters. The number of amides is 1. The number of carbonyl (C=O) groups excluding carboxylic acids is 1. The predicted molar refractivity (Wildman–Crippen MR) is 108 cm³/mol. The molecule has 1 fully saturated rings. The summed E-state index contributed by atoms with van der Waals surface area (Å²) in [6.45, 7) is 7.74. The van der Waals surface area contributed by atoms with Crippen LogP contribution >= 0.6 is 12.4 Å². The topological polar surface area (TPSA) is 75.3 Å². The average molecular weight is 403 g/mol. The van der Waals surface area contributed by atoms with Gasteiger partial charge in [-0.1, -0.05) is 31.9 Å². The van der Waals surface area contributed by atoms with Crippen molar-refractivity contribution < 1.29 is 13.2 Å². The number of hydrogen-bond donors (Lipinski definition) is 2. The summed E-state index contributed by atoms with van der Waals surface area (Å²) < 4.78 is 25.5. The first-order chi connectivity index (χ1) is 11.8. The Morgan fingerprint density at radius 3 is 2.38 bits per heavy atom. The summed E-state index contributed by atoms with van der Waals surface area (Å²) >= 11 is 0. The van der Waals surface area contributed by atoms with Crippen molar-refractivity contribution in [2.45, 2.75) is 62.5 Å². The summed E-state index contributed by atoms with van der Waals surface area (Å²) in [4.78, 5) is 13.2. The Bertz CT molecular complexity index is 713. The standard InChI is InChI=1S/C19H30N2O3S.ClH/c1-4-11-20-12-13-21-18(22)19(9-5-6-10-19)25(23,24)17-14-15(2)7-8-16(17)3;/h7-8,14,20H,4-6,9-13H2,1-3H3,(H,21,22);1H. The molecule has 5 nitrogen and oxygen atoms in total. The van der Waals surface area contributed by atoms with Gasteiger partial charge in [-0.15, -0.1) is 12.4 Å². The summed E-state index contributed by atoms with van der Waals surface area (Å²) in [5.41, 5.74) is 1.59. The lowest BCUT2D eigenvalue weighted by Crippen LogP contribution is -2.51. The first-order valence-electron chi connectivity index (χ1n) is 9.16. The average Bonchev–Trinajstić information content (AvgIpc) is 3.08. The van der Waals surface area contributed by atoms with Crippen LogP contribution in [0.15, 0.2) is 23.1 Å². The second-order valence-corrected chi connectivity index (χ2v) is 9.21. The predicted octanol–water partition coefficient (Wildman–Crippen LogP) is 2.93. The van der Waals surface area contributed by atoms with E-state index in [2.05, 4.69) is 17.6 Å². The molecule has 1 amide bonds. The van der Waals surface area contributed by atoms with E-state index in [0.717, 1.165) is 31.4 Å². The van der Waals surface area contributed by atoms with Crippen molar-refractivity contribution in [3.05, 3.63) is 29.3 Å². The van der Waals surface area contributed by atoms with Gasteiger partial charge in [0.05, 0.1) is 4.90 Å². The van der Waals surface area contributed by atoms with Crippen molar-refractivity contribution in [2.75, 3.05) is 19.6 Å². The number of sulfone groups is 1.